The Labute approximate surface area is 148 Å². The first-order valence-corrected chi connectivity index (χ1v) is 9.11. The number of amides is 2. The molecule has 8 nitrogen and oxygen atoms in total. The molecular weight excluding hydrogens is 320 g/mol. The number of anilines is 2. The Morgan fingerprint density at radius 2 is 1.92 bits per heavy atom. The third kappa shape index (κ3) is 4.94. The highest BCUT2D eigenvalue weighted by molar-refractivity contribution is 5.74. The molecule has 2 aliphatic heterocycles. The summed E-state index contributed by atoms with van der Waals surface area (Å²) in [6.07, 6.45) is 6.13. The minimum atomic E-state index is -0.135. The molecule has 0 saturated carbocycles. The van der Waals surface area contributed by atoms with Gasteiger partial charge in [-0.05, 0) is 25.7 Å². The fourth-order valence-electron chi connectivity index (χ4n) is 3.44. The lowest BCUT2D eigenvalue weighted by Crippen LogP contribution is -2.51. The number of rotatable bonds is 6. The second-order valence-electron chi connectivity index (χ2n) is 6.61. The van der Waals surface area contributed by atoms with Crippen molar-refractivity contribution < 1.29 is 9.53 Å². The summed E-state index contributed by atoms with van der Waals surface area (Å²) in [4.78, 5) is 25.4. The van der Waals surface area contributed by atoms with Crippen LogP contribution in [0.25, 0.3) is 0 Å². The summed E-state index contributed by atoms with van der Waals surface area (Å²) in [5.74, 6) is 1.96. The molecule has 1 aromatic rings. The number of hydrogen-bond donors (Lipinski definition) is 2. The van der Waals surface area contributed by atoms with Crippen molar-refractivity contribution in [2.75, 3.05) is 56.2 Å². The van der Waals surface area contributed by atoms with Crippen molar-refractivity contribution in [3.63, 3.8) is 0 Å². The zero-order chi connectivity index (χ0) is 17.5. The monoisotopic (exact) mass is 348 g/mol. The van der Waals surface area contributed by atoms with Crippen molar-refractivity contribution in [3.05, 3.63) is 12.4 Å². The predicted octanol–water partition coefficient (Wildman–Crippen LogP) is 0.991. The molecule has 2 saturated heterocycles. The number of ether oxygens (including phenoxy) is 1. The zero-order valence-corrected chi connectivity index (χ0v) is 14.9. The van der Waals surface area contributed by atoms with E-state index in [0.717, 1.165) is 50.7 Å². The Hall–Kier alpha value is -2.09. The van der Waals surface area contributed by atoms with E-state index in [9.17, 15) is 4.79 Å². The molecule has 0 radical (unpaired) electrons. The molecule has 0 unspecified atom stereocenters. The molecule has 0 aliphatic carbocycles. The van der Waals surface area contributed by atoms with Gasteiger partial charge in [0.05, 0.1) is 6.61 Å². The van der Waals surface area contributed by atoms with Crippen molar-refractivity contribution in [2.24, 2.45) is 0 Å². The molecule has 8 heteroatoms. The molecule has 0 bridgehead atoms. The highest BCUT2D eigenvalue weighted by Crippen LogP contribution is 2.23. The molecule has 2 aliphatic rings. The van der Waals surface area contributed by atoms with Crippen LogP contribution in [0.5, 0.6) is 0 Å². The number of nitrogens with zero attached hydrogens (tertiary/aromatic N) is 4. The van der Waals surface area contributed by atoms with Gasteiger partial charge in [0, 0.05) is 51.9 Å². The fraction of sp³-hybridized carbons (Fsp3) is 0.706. The summed E-state index contributed by atoms with van der Waals surface area (Å²) in [6.45, 7) is 4.91. The van der Waals surface area contributed by atoms with E-state index in [1.807, 2.05) is 0 Å². The highest BCUT2D eigenvalue weighted by Gasteiger charge is 2.23. The first-order chi connectivity index (χ1) is 12.3. The van der Waals surface area contributed by atoms with Crippen LogP contribution in [0.15, 0.2) is 12.4 Å². The van der Waals surface area contributed by atoms with E-state index in [1.165, 1.54) is 12.8 Å². The van der Waals surface area contributed by atoms with E-state index in [0.29, 0.717) is 13.2 Å². The van der Waals surface area contributed by atoms with Gasteiger partial charge in [-0.2, -0.15) is 0 Å². The van der Waals surface area contributed by atoms with Crippen LogP contribution in [0.4, 0.5) is 16.4 Å². The van der Waals surface area contributed by atoms with Gasteiger partial charge in [-0.25, -0.2) is 14.8 Å². The van der Waals surface area contributed by atoms with Crippen molar-refractivity contribution >= 4 is 17.7 Å². The number of nitrogens with one attached hydrogen (secondary N) is 2. The minimum absolute atomic E-state index is 0.126. The van der Waals surface area contributed by atoms with Crippen LogP contribution in [0.3, 0.4) is 0 Å². The lowest BCUT2D eigenvalue weighted by atomic mass is 10.1. The largest absolute Gasteiger partial charge is 0.383 e. The van der Waals surface area contributed by atoms with Crippen LogP contribution in [0.2, 0.25) is 0 Å². The average Bonchev–Trinajstić information content (AvgIpc) is 3.17. The van der Waals surface area contributed by atoms with E-state index >= 15 is 0 Å². The van der Waals surface area contributed by atoms with Gasteiger partial charge in [-0.15, -0.1) is 0 Å². The van der Waals surface area contributed by atoms with E-state index < -0.39 is 0 Å². The Bertz CT molecular complexity index is 564. The molecule has 1 atom stereocenters. The molecule has 1 aromatic heterocycles. The van der Waals surface area contributed by atoms with Gasteiger partial charge in [-0.1, -0.05) is 0 Å². The standard InChI is InChI=1S/C17H28N6O2/c1-25-10-6-18-17(24)21-14-5-4-9-23(12-14)16-11-15(19-13-20-16)22-7-2-3-8-22/h11,13-14H,2-10,12H2,1H3,(H2,18,21,24)/t14-/m0/s1. The number of hydrogen-bond acceptors (Lipinski definition) is 6. The maximum Gasteiger partial charge on any atom is 0.315 e. The highest BCUT2D eigenvalue weighted by atomic mass is 16.5. The van der Waals surface area contributed by atoms with Crippen LogP contribution in [0.1, 0.15) is 25.7 Å². The second-order valence-corrected chi connectivity index (χ2v) is 6.61. The number of carbonyl (C=O) groups excluding carboxylic acids is 1. The lowest BCUT2D eigenvalue weighted by Gasteiger charge is -2.34. The lowest BCUT2D eigenvalue weighted by molar-refractivity contribution is 0.194. The molecule has 3 heterocycles. The molecule has 2 fully saturated rings. The van der Waals surface area contributed by atoms with Gasteiger partial charge >= 0.3 is 6.03 Å². The van der Waals surface area contributed by atoms with Crippen LogP contribution in [0, 0.1) is 0 Å². The molecule has 3 rings (SSSR count). The molecular formula is C17H28N6O2. The molecule has 25 heavy (non-hydrogen) atoms. The van der Waals surface area contributed by atoms with E-state index in [4.69, 9.17) is 4.74 Å². The van der Waals surface area contributed by atoms with Crippen LogP contribution in [-0.4, -0.2) is 68.5 Å². The number of piperidine rings is 1. The molecule has 0 spiro atoms. The predicted molar refractivity (Wildman–Crippen MR) is 97.1 cm³/mol. The summed E-state index contributed by atoms with van der Waals surface area (Å²) < 4.78 is 4.94. The Balaban J connectivity index is 1.55. The zero-order valence-electron chi connectivity index (χ0n) is 14.9. The maximum absolute atomic E-state index is 11.9. The Morgan fingerprint density at radius 3 is 2.68 bits per heavy atom. The first-order valence-electron chi connectivity index (χ1n) is 9.11. The molecule has 2 amide bonds. The van der Waals surface area contributed by atoms with Crippen molar-refractivity contribution in [1.29, 1.82) is 0 Å². The minimum Gasteiger partial charge on any atom is -0.383 e. The fourth-order valence-corrected chi connectivity index (χ4v) is 3.44. The van der Waals surface area contributed by atoms with Gasteiger partial charge < -0.3 is 25.2 Å². The number of aromatic nitrogens is 2. The quantitative estimate of drug-likeness (QED) is 0.746. The Morgan fingerprint density at radius 1 is 1.20 bits per heavy atom. The van der Waals surface area contributed by atoms with Crippen molar-refractivity contribution in [2.45, 2.75) is 31.7 Å². The van der Waals surface area contributed by atoms with Crippen molar-refractivity contribution in [1.82, 2.24) is 20.6 Å². The van der Waals surface area contributed by atoms with E-state index in [2.05, 4.69) is 36.5 Å². The van der Waals surface area contributed by atoms with Gasteiger partial charge in [0.15, 0.2) is 0 Å². The Kier molecular flexibility index (Phi) is 6.27. The van der Waals surface area contributed by atoms with Crippen LogP contribution < -0.4 is 20.4 Å². The average molecular weight is 348 g/mol. The van der Waals surface area contributed by atoms with Crippen LogP contribution in [-0.2, 0) is 4.74 Å². The van der Waals surface area contributed by atoms with Gasteiger partial charge in [0.2, 0.25) is 0 Å². The van der Waals surface area contributed by atoms with Crippen molar-refractivity contribution in [3.8, 4) is 0 Å². The summed E-state index contributed by atoms with van der Waals surface area (Å²) in [7, 11) is 1.62. The van der Waals surface area contributed by atoms with E-state index in [-0.39, 0.29) is 12.1 Å². The van der Waals surface area contributed by atoms with Gasteiger partial charge in [0.25, 0.3) is 0 Å². The normalized spacial score (nSPS) is 20.6. The SMILES string of the molecule is COCCNC(=O)N[C@H]1CCCN(c2cc(N3CCCC3)ncn2)C1. The number of carbonyl (C=O) groups is 1. The first kappa shape index (κ1) is 17.7. The second kappa shape index (κ2) is 8.84. The molecule has 138 valence electrons. The summed E-state index contributed by atoms with van der Waals surface area (Å²) >= 11 is 0. The molecule has 2 N–H and O–H groups in total. The summed E-state index contributed by atoms with van der Waals surface area (Å²) in [6, 6.07) is 2.07. The van der Waals surface area contributed by atoms with Gasteiger partial charge in [0.1, 0.15) is 18.0 Å². The maximum atomic E-state index is 11.9. The number of methoxy groups -OCH3 is 1. The third-order valence-corrected chi connectivity index (χ3v) is 4.74. The van der Waals surface area contributed by atoms with Crippen LogP contribution >= 0.6 is 0 Å². The van der Waals surface area contributed by atoms with Gasteiger partial charge in [-0.3, -0.25) is 0 Å². The summed E-state index contributed by atoms with van der Waals surface area (Å²) in [5.41, 5.74) is 0. The smallest absolute Gasteiger partial charge is 0.315 e. The number of urea groups is 1. The molecule has 0 aromatic carbocycles. The summed E-state index contributed by atoms with van der Waals surface area (Å²) in [5, 5.41) is 5.85. The van der Waals surface area contributed by atoms with E-state index in [1.54, 1.807) is 13.4 Å². The topological polar surface area (TPSA) is 82.6 Å². The third-order valence-electron chi connectivity index (χ3n) is 4.74.